The maximum absolute atomic E-state index is 12.3. The minimum Gasteiger partial charge on any atom is -0.298 e. The zero-order chi connectivity index (χ0) is 16.4. The van der Waals surface area contributed by atoms with Crippen molar-refractivity contribution in [2.45, 2.75) is 6.92 Å². The SMILES string of the molecule is Cc1ccc(-c2csc(NC(=O)c3cc(I)ccc3Cl)n2)cc1. The molecule has 0 aliphatic rings. The number of nitrogens with zero attached hydrogens (tertiary/aromatic N) is 1. The standard InChI is InChI=1S/C17H12ClIN2OS/c1-10-2-4-11(5-3-10)15-9-23-17(20-15)21-16(22)13-8-12(19)6-7-14(13)18/h2-9H,1H3,(H,20,21,22). The highest BCUT2D eigenvalue weighted by Crippen LogP contribution is 2.26. The third kappa shape index (κ3) is 3.91. The van der Waals surface area contributed by atoms with E-state index < -0.39 is 0 Å². The molecule has 0 fully saturated rings. The van der Waals surface area contributed by atoms with Gasteiger partial charge in [0.15, 0.2) is 5.13 Å². The van der Waals surface area contributed by atoms with Crippen molar-refractivity contribution in [3.8, 4) is 11.3 Å². The van der Waals surface area contributed by atoms with Gasteiger partial charge in [-0.2, -0.15) is 0 Å². The lowest BCUT2D eigenvalue weighted by Gasteiger charge is -2.04. The number of carbonyl (C=O) groups excluding carboxylic acids is 1. The van der Waals surface area contributed by atoms with E-state index in [9.17, 15) is 4.79 Å². The summed E-state index contributed by atoms with van der Waals surface area (Å²) in [5.74, 6) is -0.252. The Bertz CT molecular complexity index is 861. The first-order valence-electron chi connectivity index (χ1n) is 6.82. The van der Waals surface area contributed by atoms with Crippen molar-refractivity contribution in [3.63, 3.8) is 0 Å². The third-order valence-electron chi connectivity index (χ3n) is 3.25. The number of aryl methyl sites for hydroxylation is 1. The Kier molecular flexibility index (Phi) is 4.99. The molecule has 23 heavy (non-hydrogen) atoms. The number of benzene rings is 2. The number of amides is 1. The van der Waals surface area contributed by atoms with Crippen LogP contribution in [0.25, 0.3) is 11.3 Å². The van der Waals surface area contributed by atoms with Crippen LogP contribution in [-0.2, 0) is 0 Å². The number of anilines is 1. The number of thiazole rings is 1. The van der Waals surface area contributed by atoms with E-state index >= 15 is 0 Å². The Morgan fingerprint density at radius 1 is 1.22 bits per heavy atom. The van der Waals surface area contributed by atoms with E-state index in [4.69, 9.17) is 11.6 Å². The van der Waals surface area contributed by atoms with Crippen LogP contribution in [0.3, 0.4) is 0 Å². The van der Waals surface area contributed by atoms with Gasteiger partial charge >= 0.3 is 0 Å². The van der Waals surface area contributed by atoms with Gasteiger partial charge in [0, 0.05) is 14.5 Å². The zero-order valence-electron chi connectivity index (χ0n) is 12.1. The van der Waals surface area contributed by atoms with Crippen LogP contribution in [0, 0.1) is 10.5 Å². The number of nitrogens with one attached hydrogen (secondary N) is 1. The first-order valence-corrected chi connectivity index (χ1v) is 9.15. The molecule has 116 valence electrons. The minimum atomic E-state index is -0.252. The summed E-state index contributed by atoms with van der Waals surface area (Å²) in [4.78, 5) is 16.8. The lowest BCUT2D eigenvalue weighted by atomic mass is 10.1. The predicted molar refractivity (Wildman–Crippen MR) is 104 cm³/mol. The molecule has 6 heteroatoms. The van der Waals surface area contributed by atoms with Crippen molar-refractivity contribution in [2.24, 2.45) is 0 Å². The molecule has 2 aromatic carbocycles. The molecule has 0 aliphatic heterocycles. The molecule has 1 aromatic heterocycles. The van der Waals surface area contributed by atoms with Crippen molar-refractivity contribution in [1.82, 2.24) is 4.98 Å². The summed E-state index contributed by atoms with van der Waals surface area (Å²) in [7, 11) is 0. The fraction of sp³-hybridized carbons (Fsp3) is 0.0588. The number of rotatable bonds is 3. The Hall–Kier alpha value is -1.44. The molecule has 1 heterocycles. The minimum absolute atomic E-state index is 0.252. The molecule has 0 aliphatic carbocycles. The number of hydrogen-bond acceptors (Lipinski definition) is 3. The fourth-order valence-corrected chi connectivity index (χ4v) is 3.43. The monoisotopic (exact) mass is 454 g/mol. The summed E-state index contributed by atoms with van der Waals surface area (Å²) < 4.78 is 0.955. The maximum Gasteiger partial charge on any atom is 0.258 e. The van der Waals surface area contributed by atoms with Crippen LogP contribution in [0.15, 0.2) is 47.8 Å². The Morgan fingerprint density at radius 2 is 1.96 bits per heavy atom. The largest absolute Gasteiger partial charge is 0.298 e. The highest BCUT2D eigenvalue weighted by atomic mass is 127. The summed E-state index contributed by atoms with van der Waals surface area (Å²) in [6, 6.07) is 13.5. The highest BCUT2D eigenvalue weighted by molar-refractivity contribution is 14.1. The van der Waals surface area contributed by atoms with Crippen LogP contribution in [0.4, 0.5) is 5.13 Å². The summed E-state index contributed by atoms with van der Waals surface area (Å²) in [5.41, 5.74) is 3.52. The smallest absolute Gasteiger partial charge is 0.258 e. The Balaban J connectivity index is 1.80. The van der Waals surface area contributed by atoms with Crippen molar-refractivity contribution < 1.29 is 4.79 Å². The van der Waals surface area contributed by atoms with Crippen LogP contribution in [0.2, 0.25) is 5.02 Å². The summed E-state index contributed by atoms with van der Waals surface area (Å²) >= 11 is 9.63. The van der Waals surface area contributed by atoms with Crippen LogP contribution in [0.1, 0.15) is 15.9 Å². The topological polar surface area (TPSA) is 42.0 Å². The molecule has 3 rings (SSSR count). The first kappa shape index (κ1) is 16.4. The second kappa shape index (κ2) is 6.98. The molecule has 0 bridgehead atoms. The van der Waals surface area contributed by atoms with E-state index in [1.807, 2.05) is 42.6 Å². The molecule has 3 aromatic rings. The van der Waals surface area contributed by atoms with Crippen molar-refractivity contribution in [3.05, 3.63) is 67.6 Å². The molecule has 1 N–H and O–H groups in total. The number of halogens is 2. The van der Waals surface area contributed by atoms with Crippen LogP contribution >= 0.6 is 45.5 Å². The molecule has 0 unspecified atom stereocenters. The Labute approximate surface area is 156 Å². The first-order chi connectivity index (χ1) is 11.0. The molecule has 3 nitrogen and oxygen atoms in total. The normalized spacial score (nSPS) is 10.6. The molecule has 0 saturated heterocycles. The van der Waals surface area contributed by atoms with E-state index in [0.717, 1.165) is 14.8 Å². The van der Waals surface area contributed by atoms with Crippen molar-refractivity contribution >= 4 is 56.6 Å². The molecular weight excluding hydrogens is 443 g/mol. The molecule has 0 saturated carbocycles. The van der Waals surface area contributed by atoms with Gasteiger partial charge in [-0.25, -0.2) is 4.98 Å². The van der Waals surface area contributed by atoms with Crippen molar-refractivity contribution in [1.29, 1.82) is 0 Å². The van der Waals surface area contributed by atoms with Gasteiger partial charge < -0.3 is 0 Å². The average Bonchev–Trinajstić information content (AvgIpc) is 2.99. The third-order valence-corrected chi connectivity index (χ3v) is 5.00. The lowest BCUT2D eigenvalue weighted by molar-refractivity contribution is 0.102. The van der Waals surface area contributed by atoms with Crippen LogP contribution in [-0.4, -0.2) is 10.9 Å². The predicted octanol–water partition coefficient (Wildman–Crippen LogP) is 5.63. The highest BCUT2D eigenvalue weighted by Gasteiger charge is 2.13. The van der Waals surface area contributed by atoms with E-state index in [1.165, 1.54) is 16.9 Å². The Morgan fingerprint density at radius 3 is 2.70 bits per heavy atom. The average molecular weight is 455 g/mol. The quantitative estimate of drug-likeness (QED) is 0.521. The number of hydrogen-bond donors (Lipinski definition) is 1. The molecular formula is C17H12ClIN2OS. The fourth-order valence-electron chi connectivity index (χ4n) is 2.02. The van der Waals surface area contributed by atoms with Gasteiger partial charge in [0.1, 0.15) is 0 Å². The maximum atomic E-state index is 12.3. The number of aromatic nitrogens is 1. The van der Waals surface area contributed by atoms with E-state index in [-0.39, 0.29) is 5.91 Å². The summed E-state index contributed by atoms with van der Waals surface area (Å²) in [6.07, 6.45) is 0. The van der Waals surface area contributed by atoms with Gasteiger partial charge in [-0.3, -0.25) is 10.1 Å². The second-order valence-corrected chi connectivity index (χ2v) is 7.49. The van der Waals surface area contributed by atoms with Gasteiger partial charge in [-0.15, -0.1) is 11.3 Å². The van der Waals surface area contributed by atoms with Crippen LogP contribution in [0.5, 0.6) is 0 Å². The zero-order valence-corrected chi connectivity index (χ0v) is 15.9. The second-order valence-electron chi connectivity index (χ2n) is 4.98. The molecule has 0 radical (unpaired) electrons. The molecule has 0 spiro atoms. The van der Waals surface area contributed by atoms with Crippen LogP contribution < -0.4 is 5.32 Å². The lowest BCUT2D eigenvalue weighted by Crippen LogP contribution is -2.12. The van der Waals surface area contributed by atoms with E-state index in [0.29, 0.717) is 15.7 Å². The van der Waals surface area contributed by atoms with E-state index in [1.54, 1.807) is 12.1 Å². The summed E-state index contributed by atoms with van der Waals surface area (Å²) in [5, 5.41) is 5.72. The van der Waals surface area contributed by atoms with Gasteiger partial charge in [0.05, 0.1) is 16.3 Å². The molecule has 0 atom stereocenters. The van der Waals surface area contributed by atoms with Gasteiger partial charge in [0.2, 0.25) is 0 Å². The van der Waals surface area contributed by atoms with Gasteiger partial charge in [-0.1, -0.05) is 41.4 Å². The summed E-state index contributed by atoms with van der Waals surface area (Å²) in [6.45, 7) is 2.04. The van der Waals surface area contributed by atoms with E-state index in [2.05, 4.69) is 32.9 Å². The van der Waals surface area contributed by atoms with Gasteiger partial charge in [-0.05, 0) is 47.7 Å². The van der Waals surface area contributed by atoms with Crippen molar-refractivity contribution in [2.75, 3.05) is 5.32 Å². The number of carbonyl (C=O) groups is 1. The molecule has 1 amide bonds. The van der Waals surface area contributed by atoms with Gasteiger partial charge in [0.25, 0.3) is 5.91 Å².